The summed E-state index contributed by atoms with van der Waals surface area (Å²) in [6.45, 7) is 0. The van der Waals surface area contributed by atoms with E-state index >= 15 is 0 Å². The molecule has 0 aliphatic carbocycles. The van der Waals surface area contributed by atoms with Gasteiger partial charge in [-0.3, -0.25) is 5.73 Å². The summed E-state index contributed by atoms with van der Waals surface area (Å²) >= 11 is 3.39. The second-order valence-electron chi connectivity index (χ2n) is 4.69. The molecule has 5 heteroatoms. The van der Waals surface area contributed by atoms with E-state index in [2.05, 4.69) is 17.1 Å². The van der Waals surface area contributed by atoms with E-state index in [9.17, 15) is 0 Å². The molecule has 4 rings (SSSR count). The molecule has 0 amide bonds. The van der Waals surface area contributed by atoms with Gasteiger partial charge in [0.25, 0.3) is 0 Å². The number of hydrogen-bond donors (Lipinski definition) is 1. The number of fused-ring (bicyclic) bond motifs is 2. The number of thiazole rings is 1. The Hall–Kier alpha value is -1.82. The van der Waals surface area contributed by atoms with Crippen LogP contribution in [0.1, 0.15) is 5.56 Å². The van der Waals surface area contributed by atoms with Gasteiger partial charge in [0.1, 0.15) is 5.75 Å². The molecule has 0 saturated carbocycles. The van der Waals surface area contributed by atoms with Crippen LogP contribution < -0.4 is 10.5 Å². The zero-order chi connectivity index (χ0) is 14.2. The fraction of sp³-hybridized carbons (Fsp3) is 0.0625. The first-order chi connectivity index (χ1) is 10.3. The number of ether oxygens (including phenoxy) is 1. The van der Waals surface area contributed by atoms with Crippen molar-refractivity contribution in [2.45, 2.75) is 15.5 Å². The normalized spacial score (nSPS) is 16.7. The van der Waals surface area contributed by atoms with E-state index in [0.29, 0.717) is 0 Å². The molecule has 0 spiro atoms. The van der Waals surface area contributed by atoms with E-state index < -0.39 is 0 Å². The molecule has 2 heterocycles. The Kier molecular flexibility index (Phi) is 3.18. The van der Waals surface area contributed by atoms with Crippen LogP contribution in [0.3, 0.4) is 0 Å². The summed E-state index contributed by atoms with van der Waals surface area (Å²) < 4.78 is 7.82. The minimum Gasteiger partial charge on any atom is -0.471 e. The minimum atomic E-state index is -0.347. The minimum absolute atomic E-state index is 0.347. The zero-order valence-electron chi connectivity index (χ0n) is 11.0. The second-order valence-corrected chi connectivity index (χ2v) is 7.04. The summed E-state index contributed by atoms with van der Waals surface area (Å²) in [4.78, 5) is 5.79. The molecule has 1 aromatic heterocycles. The molecule has 3 nitrogen and oxygen atoms in total. The predicted octanol–water partition coefficient (Wildman–Crippen LogP) is 4.14. The van der Waals surface area contributed by atoms with Gasteiger partial charge >= 0.3 is 0 Å². The lowest BCUT2D eigenvalue weighted by molar-refractivity contribution is 0.254. The maximum atomic E-state index is 5.73. The highest BCUT2D eigenvalue weighted by atomic mass is 32.2. The van der Waals surface area contributed by atoms with Crippen molar-refractivity contribution in [2.75, 3.05) is 0 Å². The number of nitrogens with two attached hydrogens (primary N) is 1. The molecule has 2 N–H and O–H groups in total. The number of rotatable bonds is 2. The third-order valence-corrected chi connectivity index (χ3v) is 5.28. The largest absolute Gasteiger partial charge is 0.471 e. The van der Waals surface area contributed by atoms with Crippen LogP contribution in [0.15, 0.2) is 57.8 Å². The van der Waals surface area contributed by atoms with Crippen molar-refractivity contribution < 1.29 is 4.74 Å². The van der Waals surface area contributed by atoms with Gasteiger partial charge in [-0.05, 0) is 36.4 Å². The molecule has 104 valence electrons. The first-order valence-electron chi connectivity index (χ1n) is 6.56. The smallest absolute Gasteiger partial charge is 0.167 e. The quantitative estimate of drug-likeness (QED) is 0.772. The summed E-state index contributed by atoms with van der Waals surface area (Å²) in [6.07, 6.45) is 3.51. The molecule has 0 fully saturated rings. The van der Waals surface area contributed by atoms with Crippen molar-refractivity contribution in [1.29, 1.82) is 0 Å². The Labute approximate surface area is 130 Å². The first kappa shape index (κ1) is 12.9. The highest BCUT2D eigenvalue weighted by molar-refractivity contribution is 8.01. The van der Waals surface area contributed by atoms with Gasteiger partial charge < -0.3 is 4.74 Å². The van der Waals surface area contributed by atoms with Crippen LogP contribution in [0.2, 0.25) is 0 Å². The summed E-state index contributed by atoms with van der Waals surface area (Å²) in [5.74, 6) is 0.832. The summed E-state index contributed by atoms with van der Waals surface area (Å²) in [5, 5.41) is 0. The first-order valence-corrected chi connectivity index (χ1v) is 8.19. The third kappa shape index (κ3) is 2.55. The Balaban J connectivity index is 1.64. The molecular weight excluding hydrogens is 300 g/mol. The number of nitrogens with zero attached hydrogens (tertiary/aromatic N) is 1. The van der Waals surface area contributed by atoms with Crippen LogP contribution in [-0.4, -0.2) is 11.2 Å². The monoisotopic (exact) mass is 312 g/mol. The number of benzene rings is 2. The fourth-order valence-corrected chi connectivity index (χ4v) is 4.30. The number of hydrogen-bond acceptors (Lipinski definition) is 5. The van der Waals surface area contributed by atoms with Crippen LogP contribution in [0.25, 0.3) is 16.3 Å². The van der Waals surface area contributed by atoms with Crippen molar-refractivity contribution in [3.63, 3.8) is 0 Å². The second kappa shape index (κ2) is 5.18. The Morgan fingerprint density at radius 3 is 3.00 bits per heavy atom. The maximum Gasteiger partial charge on any atom is 0.167 e. The van der Waals surface area contributed by atoms with E-state index in [0.717, 1.165) is 26.1 Å². The Morgan fingerprint density at radius 1 is 1.19 bits per heavy atom. The van der Waals surface area contributed by atoms with Crippen molar-refractivity contribution in [1.82, 2.24) is 4.98 Å². The Bertz CT molecular complexity index is 808. The standard InChI is InChI=1S/C16H12N2OS2/c17-15-8-5-10-9-11(6-7-13(10)19-15)20-16-18-12-3-1-2-4-14(12)21-16/h1-9,15H,17H2. The average molecular weight is 312 g/mol. The van der Waals surface area contributed by atoms with Gasteiger partial charge in [-0.1, -0.05) is 30.0 Å². The van der Waals surface area contributed by atoms with Gasteiger partial charge in [0.15, 0.2) is 10.6 Å². The van der Waals surface area contributed by atoms with Crippen molar-refractivity contribution in [3.05, 3.63) is 54.1 Å². The van der Waals surface area contributed by atoms with Gasteiger partial charge in [-0.15, -0.1) is 11.3 Å². The average Bonchev–Trinajstić information content (AvgIpc) is 2.89. The van der Waals surface area contributed by atoms with Crippen LogP contribution in [-0.2, 0) is 0 Å². The lowest BCUT2D eigenvalue weighted by Crippen LogP contribution is -2.26. The molecular formula is C16H12N2OS2. The van der Waals surface area contributed by atoms with Gasteiger partial charge in [0.05, 0.1) is 10.2 Å². The lowest BCUT2D eigenvalue weighted by atomic mass is 10.1. The number of aromatic nitrogens is 1. The molecule has 1 aliphatic heterocycles. The van der Waals surface area contributed by atoms with E-state index in [4.69, 9.17) is 10.5 Å². The van der Waals surface area contributed by atoms with Crippen LogP contribution in [0, 0.1) is 0 Å². The van der Waals surface area contributed by atoms with Gasteiger partial charge in [0, 0.05) is 10.5 Å². The van der Waals surface area contributed by atoms with Gasteiger partial charge in [0.2, 0.25) is 0 Å². The van der Waals surface area contributed by atoms with Gasteiger partial charge in [-0.2, -0.15) is 0 Å². The molecule has 1 aliphatic rings. The number of para-hydroxylation sites is 1. The summed E-state index contributed by atoms with van der Waals surface area (Å²) in [5.41, 5.74) is 7.84. The van der Waals surface area contributed by atoms with E-state index in [1.807, 2.05) is 42.5 Å². The molecule has 0 radical (unpaired) electrons. The van der Waals surface area contributed by atoms with Crippen molar-refractivity contribution in [2.24, 2.45) is 5.73 Å². The van der Waals surface area contributed by atoms with Crippen molar-refractivity contribution in [3.8, 4) is 5.75 Å². The molecule has 0 bridgehead atoms. The Morgan fingerprint density at radius 2 is 2.10 bits per heavy atom. The molecule has 3 aromatic rings. The van der Waals surface area contributed by atoms with Crippen LogP contribution in [0.5, 0.6) is 5.75 Å². The highest BCUT2D eigenvalue weighted by Gasteiger charge is 2.12. The van der Waals surface area contributed by atoms with Crippen LogP contribution >= 0.6 is 23.1 Å². The molecule has 1 atom stereocenters. The molecule has 0 saturated heterocycles. The predicted molar refractivity (Wildman–Crippen MR) is 87.8 cm³/mol. The molecule has 2 aromatic carbocycles. The molecule has 21 heavy (non-hydrogen) atoms. The zero-order valence-corrected chi connectivity index (χ0v) is 12.7. The van der Waals surface area contributed by atoms with E-state index in [-0.39, 0.29) is 6.23 Å². The maximum absolute atomic E-state index is 5.73. The highest BCUT2D eigenvalue weighted by Crippen LogP contribution is 2.37. The fourth-order valence-electron chi connectivity index (χ4n) is 2.21. The summed E-state index contributed by atoms with van der Waals surface area (Å²) in [7, 11) is 0. The van der Waals surface area contributed by atoms with Gasteiger partial charge in [-0.25, -0.2) is 4.98 Å². The third-order valence-electron chi connectivity index (χ3n) is 3.19. The van der Waals surface area contributed by atoms with Crippen LogP contribution in [0.4, 0.5) is 0 Å². The summed E-state index contributed by atoms with van der Waals surface area (Å²) in [6, 6.07) is 14.3. The van der Waals surface area contributed by atoms with E-state index in [1.165, 1.54) is 4.70 Å². The topological polar surface area (TPSA) is 48.1 Å². The lowest BCUT2D eigenvalue weighted by Gasteiger charge is -2.18. The molecule has 1 unspecified atom stereocenters. The SMILES string of the molecule is NC1C=Cc2cc(Sc3nc4ccccc4s3)ccc2O1. The van der Waals surface area contributed by atoms with Crippen molar-refractivity contribution >= 4 is 39.4 Å². The van der Waals surface area contributed by atoms with E-state index in [1.54, 1.807) is 23.1 Å².